The largest absolute Gasteiger partial charge is 0.367 e. The van der Waals surface area contributed by atoms with E-state index in [1.807, 2.05) is 74.7 Å². The Labute approximate surface area is 218 Å². The summed E-state index contributed by atoms with van der Waals surface area (Å²) in [7, 11) is 1.54. The third-order valence-electron chi connectivity index (χ3n) is 6.20. The number of amidine groups is 2. The number of carbonyl (C=O) groups excluding carboxylic acids is 1. The lowest BCUT2D eigenvalue weighted by Crippen LogP contribution is -2.59. The number of hydrogen-bond acceptors (Lipinski definition) is 7. The molecule has 2 aliphatic heterocycles. The van der Waals surface area contributed by atoms with E-state index < -0.39 is 12.3 Å². The Kier molecular flexibility index (Phi) is 8.03. The van der Waals surface area contributed by atoms with Gasteiger partial charge in [-0.15, -0.1) is 0 Å². The van der Waals surface area contributed by atoms with Gasteiger partial charge in [-0.3, -0.25) is 20.1 Å². The standard InChI is InChI=1S/C28H35N7O2/c1-18(2)17-35-24(29)23(27(36)34(4)28(35)37)26(33-22-8-6-5-7-9-22)32-16-20-10-12-21(13-11-20)25-30-14-19(3)15-31-25/h5-14,18-19,28-29,32-33,37H,15-17H2,1-4H3/b26-23-,29-24?. The van der Waals surface area contributed by atoms with Gasteiger partial charge in [-0.25, -0.2) is 4.99 Å². The van der Waals surface area contributed by atoms with Crippen LogP contribution in [0.25, 0.3) is 0 Å². The zero-order valence-corrected chi connectivity index (χ0v) is 21.8. The summed E-state index contributed by atoms with van der Waals surface area (Å²) in [5.41, 5.74) is 2.90. The number of nitrogens with zero attached hydrogens (tertiary/aromatic N) is 4. The van der Waals surface area contributed by atoms with Crippen LogP contribution in [0.5, 0.6) is 0 Å². The van der Waals surface area contributed by atoms with Crippen molar-refractivity contribution in [3.8, 4) is 0 Å². The first kappa shape index (κ1) is 26.1. The summed E-state index contributed by atoms with van der Waals surface area (Å²) in [4.78, 5) is 25.1. The van der Waals surface area contributed by atoms with Crippen LogP contribution in [-0.2, 0) is 11.3 Å². The topological polar surface area (TPSA) is 116 Å². The predicted molar refractivity (Wildman–Crippen MR) is 147 cm³/mol. The Morgan fingerprint density at radius 2 is 1.86 bits per heavy atom. The second kappa shape index (κ2) is 11.4. The van der Waals surface area contributed by atoms with Crippen molar-refractivity contribution in [1.29, 1.82) is 5.41 Å². The predicted octanol–water partition coefficient (Wildman–Crippen LogP) is 3.25. The second-order valence-electron chi connectivity index (χ2n) is 9.87. The molecular formula is C28H35N7O2. The van der Waals surface area contributed by atoms with E-state index in [-0.39, 0.29) is 17.3 Å². The highest BCUT2D eigenvalue weighted by Gasteiger charge is 2.39. The van der Waals surface area contributed by atoms with Gasteiger partial charge in [-0.1, -0.05) is 63.2 Å². The maximum atomic E-state index is 13.3. The van der Waals surface area contributed by atoms with Gasteiger partial charge in [-0.05, 0) is 23.6 Å². The number of benzene rings is 2. The van der Waals surface area contributed by atoms with Crippen LogP contribution in [0, 0.1) is 17.2 Å². The molecule has 0 bridgehead atoms. The molecule has 2 heterocycles. The van der Waals surface area contributed by atoms with E-state index in [9.17, 15) is 9.90 Å². The van der Waals surface area contributed by atoms with Gasteiger partial charge < -0.3 is 20.6 Å². The van der Waals surface area contributed by atoms with Crippen molar-refractivity contribution < 1.29 is 9.90 Å². The van der Waals surface area contributed by atoms with Crippen molar-refractivity contribution in [1.82, 2.24) is 15.1 Å². The molecule has 37 heavy (non-hydrogen) atoms. The molecule has 2 aromatic rings. The fourth-order valence-electron chi connectivity index (χ4n) is 4.16. The Balaban J connectivity index is 1.61. The molecular weight excluding hydrogens is 466 g/mol. The number of aliphatic imine (C=N–C) groups is 2. The number of para-hydroxylation sites is 1. The number of carbonyl (C=O) groups is 1. The zero-order chi connectivity index (χ0) is 26.5. The average molecular weight is 502 g/mol. The quantitative estimate of drug-likeness (QED) is 0.415. The van der Waals surface area contributed by atoms with Crippen molar-refractivity contribution in [2.45, 2.75) is 33.7 Å². The van der Waals surface area contributed by atoms with Crippen molar-refractivity contribution >= 4 is 29.5 Å². The van der Waals surface area contributed by atoms with Crippen LogP contribution in [0.1, 0.15) is 31.9 Å². The number of anilines is 1. The minimum atomic E-state index is -1.19. The normalized spacial score (nSPS) is 21.3. The minimum absolute atomic E-state index is 0.0204. The van der Waals surface area contributed by atoms with Crippen molar-refractivity contribution in [3.63, 3.8) is 0 Å². The second-order valence-corrected chi connectivity index (χ2v) is 9.87. The van der Waals surface area contributed by atoms with Crippen LogP contribution in [0.15, 0.2) is 76.0 Å². The smallest absolute Gasteiger partial charge is 0.264 e. The van der Waals surface area contributed by atoms with E-state index in [1.165, 1.54) is 9.80 Å². The van der Waals surface area contributed by atoms with Crippen molar-refractivity contribution in [2.75, 3.05) is 25.5 Å². The molecule has 2 aliphatic rings. The Bertz CT molecular complexity index is 1220. The molecule has 194 valence electrons. The molecule has 4 N–H and O–H groups in total. The molecule has 0 radical (unpaired) electrons. The molecule has 0 saturated carbocycles. The monoisotopic (exact) mass is 501 g/mol. The first-order valence-corrected chi connectivity index (χ1v) is 12.5. The van der Waals surface area contributed by atoms with Gasteiger partial charge in [0, 0.05) is 50.1 Å². The van der Waals surface area contributed by atoms with E-state index in [0.29, 0.717) is 24.8 Å². The molecule has 2 unspecified atom stereocenters. The number of hydrogen-bond donors (Lipinski definition) is 4. The SMILES string of the molecule is CC(C)CN1C(=N)/C(=C(\NCc2ccc(C3=NCC(C)C=N3)cc2)Nc2ccccc2)C(=O)N(C)C1O. The highest BCUT2D eigenvalue weighted by atomic mass is 16.3. The maximum absolute atomic E-state index is 13.3. The van der Waals surface area contributed by atoms with Crippen LogP contribution in [-0.4, -0.2) is 65.2 Å². The van der Waals surface area contributed by atoms with Gasteiger partial charge in [0.15, 0.2) is 5.84 Å². The van der Waals surface area contributed by atoms with Crippen molar-refractivity contribution in [3.05, 3.63) is 77.1 Å². The van der Waals surface area contributed by atoms with Crippen molar-refractivity contribution in [2.24, 2.45) is 21.8 Å². The lowest BCUT2D eigenvalue weighted by Gasteiger charge is -2.42. The first-order chi connectivity index (χ1) is 17.7. The summed E-state index contributed by atoms with van der Waals surface area (Å²) in [5.74, 6) is 1.24. The highest BCUT2D eigenvalue weighted by Crippen LogP contribution is 2.23. The lowest BCUT2D eigenvalue weighted by atomic mass is 10.1. The molecule has 4 rings (SSSR count). The lowest BCUT2D eigenvalue weighted by molar-refractivity contribution is -0.147. The molecule has 1 fully saturated rings. The van der Waals surface area contributed by atoms with E-state index in [2.05, 4.69) is 27.5 Å². The number of rotatable bonds is 8. The van der Waals surface area contributed by atoms with Crippen LogP contribution < -0.4 is 10.6 Å². The number of nitrogens with one attached hydrogen (secondary N) is 3. The first-order valence-electron chi connectivity index (χ1n) is 12.5. The number of aliphatic hydroxyl groups excluding tert-OH is 1. The summed E-state index contributed by atoms with van der Waals surface area (Å²) in [6.07, 6.45) is 0.739. The summed E-state index contributed by atoms with van der Waals surface area (Å²) in [6, 6.07) is 17.5. The number of amides is 1. The summed E-state index contributed by atoms with van der Waals surface area (Å²) in [6.45, 7) is 7.70. The highest BCUT2D eigenvalue weighted by molar-refractivity contribution is 6.21. The number of aliphatic hydroxyl groups is 1. The molecule has 0 aromatic heterocycles. The van der Waals surface area contributed by atoms with Crippen LogP contribution >= 0.6 is 0 Å². The molecule has 0 aliphatic carbocycles. The zero-order valence-electron chi connectivity index (χ0n) is 21.8. The fraction of sp³-hybridized carbons (Fsp3) is 0.357. The summed E-state index contributed by atoms with van der Waals surface area (Å²) < 4.78 is 0. The fourth-order valence-corrected chi connectivity index (χ4v) is 4.16. The van der Waals surface area contributed by atoms with Crippen LogP contribution in [0.2, 0.25) is 0 Å². The van der Waals surface area contributed by atoms with Gasteiger partial charge in [0.25, 0.3) is 5.91 Å². The average Bonchev–Trinajstić information content (AvgIpc) is 2.90. The van der Waals surface area contributed by atoms with E-state index in [4.69, 9.17) is 5.41 Å². The Morgan fingerprint density at radius 3 is 2.49 bits per heavy atom. The molecule has 9 nitrogen and oxygen atoms in total. The molecule has 1 amide bonds. The molecule has 0 spiro atoms. The third-order valence-corrected chi connectivity index (χ3v) is 6.20. The van der Waals surface area contributed by atoms with Gasteiger partial charge in [0.2, 0.25) is 6.35 Å². The summed E-state index contributed by atoms with van der Waals surface area (Å²) >= 11 is 0. The molecule has 2 aromatic carbocycles. The van der Waals surface area contributed by atoms with Gasteiger partial charge in [-0.2, -0.15) is 0 Å². The van der Waals surface area contributed by atoms with Gasteiger partial charge in [0.1, 0.15) is 17.2 Å². The van der Waals surface area contributed by atoms with E-state index in [0.717, 1.165) is 29.2 Å². The third kappa shape index (κ3) is 6.06. The van der Waals surface area contributed by atoms with E-state index in [1.54, 1.807) is 7.05 Å². The Morgan fingerprint density at radius 1 is 1.16 bits per heavy atom. The minimum Gasteiger partial charge on any atom is -0.367 e. The molecule has 2 atom stereocenters. The van der Waals surface area contributed by atoms with Gasteiger partial charge in [0.05, 0.1) is 0 Å². The van der Waals surface area contributed by atoms with Crippen LogP contribution in [0.3, 0.4) is 0 Å². The van der Waals surface area contributed by atoms with Gasteiger partial charge >= 0.3 is 0 Å². The Hall–Kier alpha value is -3.98. The molecule has 9 heteroatoms. The van der Waals surface area contributed by atoms with Crippen LogP contribution in [0.4, 0.5) is 5.69 Å². The summed E-state index contributed by atoms with van der Waals surface area (Å²) in [5, 5.41) is 26.1. The number of likely N-dealkylation sites (N-methyl/N-ethyl adjacent to an activating group) is 1. The molecule has 1 saturated heterocycles. The maximum Gasteiger partial charge on any atom is 0.264 e. The van der Waals surface area contributed by atoms with E-state index >= 15 is 0 Å².